The molecule has 0 fully saturated rings. The lowest BCUT2D eigenvalue weighted by Gasteiger charge is -1.96. The van der Waals surface area contributed by atoms with E-state index in [-0.39, 0.29) is 0 Å². The summed E-state index contributed by atoms with van der Waals surface area (Å²) in [6.45, 7) is 1.96. The van der Waals surface area contributed by atoms with Crippen LogP contribution in [0.25, 0.3) is 10.9 Å². The first-order valence-corrected chi connectivity index (χ1v) is 4.66. The van der Waals surface area contributed by atoms with Crippen LogP contribution < -0.4 is 0 Å². The van der Waals surface area contributed by atoms with Gasteiger partial charge in [-0.3, -0.25) is 5.10 Å². The fourth-order valence-corrected chi connectivity index (χ4v) is 1.72. The van der Waals surface area contributed by atoms with E-state index in [4.69, 9.17) is 11.6 Å². The van der Waals surface area contributed by atoms with Crippen molar-refractivity contribution in [2.45, 2.75) is 6.92 Å². The Morgan fingerprint density at radius 2 is 2.25 bits per heavy atom. The number of aromatic nitrogens is 2. The van der Waals surface area contributed by atoms with Gasteiger partial charge in [0.2, 0.25) is 0 Å². The quantitative estimate of drug-likeness (QED) is 0.758. The Labute approximate surface area is 83.0 Å². The van der Waals surface area contributed by atoms with Crippen molar-refractivity contribution in [3.05, 3.63) is 27.3 Å². The van der Waals surface area contributed by atoms with Crippen LogP contribution >= 0.6 is 27.5 Å². The third kappa shape index (κ3) is 1.04. The standard InChI is InChI=1S/C8H6BrClN2/c1-4-6(10)3-2-5-7(4)11-12-8(5)9/h2-3H,1H3,(H,11,12). The maximum atomic E-state index is 5.93. The van der Waals surface area contributed by atoms with Gasteiger partial charge < -0.3 is 0 Å². The number of aromatic amines is 1. The summed E-state index contributed by atoms with van der Waals surface area (Å²) in [5.74, 6) is 0. The van der Waals surface area contributed by atoms with Gasteiger partial charge in [-0.05, 0) is 40.5 Å². The highest BCUT2D eigenvalue weighted by molar-refractivity contribution is 9.10. The van der Waals surface area contributed by atoms with Crippen molar-refractivity contribution in [2.75, 3.05) is 0 Å². The number of hydrogen-bond acceptors (Lipinski definition) is 1. The summed E-state index contributed by atoms with van der Waals surface area (Å²) in [4.78, 5) is 0. The number of nitrogens with one attached hydrogen (secondary N) is 1. The fraction of sp³-hybridized carbons (Fsp3) is 0.125. The molecule has 0 aliphatic rings. The van der Waals surface area contributed by atoms with Gasteiger partial charge in [-0.25, -0.2) is 0 Å². The number of aryl methyl sites for hydroxylation is 1. The molecule has 62 valence electrons. The van der Waals surface area contributed by atoms with Crippen molar-refractivity contribution in [1.29, 1.82) is 0 Å². The van der Waals surface area contributed by atoms with Crippen LogP contribution in [0, 0.1) is 6.92 Å². The zero-order valence-electron chi connectivity index (χ0n) is 6.36. The molecule has 0 atom stereocenters. The fourth-order valence-electron chi connectivity index (χ4n) is 1.16. The van der Waals surface area contributed by atoms with Crippen LogP contribution in [0.2, 0.25) is 5.02 Å². The van der Waals surface area contributed by atoms with Crippen molar-refractivity contribution >= 4 is 38.4 Å². The molecule has 1 aromatic carbocycles. The van der Waals surface area contributed by atoms with Gasteiger partial charge in [0.05, 0.1) is 5.52 Å². The monoisotopic (exact) mass is 244 g/mol. The topological polar surface area (TPSA) is 28.7 Å². The maximum Gasteiger partial charge on any atom is 0.108 e. The molecule has 0 bridgehead atoms. The Morgan fingerprint density at radius 1 is 1.50 bits per heavy atom. The Balaban J connectivity index is 2.93. The molecular formula is C8H6BrClN2. The number of nitrogens with zero attached hydrogens (tertiary/aromatic N) is 1. The molecule has 0 saturated heterocycles. The Hall–Kier alpha value is -0.540. The highest BCUT2D eigenvalue weighted by Crippen LogP contribution is 2.27. The van der Waals surface area contributed by atoms with Gasteiger partial charge in [-0.2, -0.15) is 5.10 Å². The van der Waals surface area contributed by atoms with Gasteiger partial charge in [-0.1, -0.05) is 11.6 Å². The molecule has 0 aliphatic heterocycles. The van der Waals surface area contributed by atoms with Gasteiger partial charge >= 0.3 is 0 Å². The van der Waals surface area contributed by atoms with Crippen molar-refractivity contribution < 1.29 is 0 Å². The second kappa shape index (κ2) is 2.75. The van der Waals surface area contributed by atoms with Gasteiger partial charge in [0, 0.05) is 10.4 Å². The van der Waals surface area contributed by atoms with E-state index >= 15 is 0 Å². The number of benzene rings is 1. The minimum Gasteiger partial charge on any atom is -0.270 e. The first kappa shape index (κ1) is 8.08. The number of halogens is 2. The third-order valence-corrected chi connectivity index (χ3v) is 2.88. The van der Waals surface area contributed by atoms with Crippen LogP contribution in [0.4, 0.5) is 0 Å². The summed E-state index contributed by atoms with van der Waals surface area (Å²) in [5.41, 5.74) is 1.94. The van der Waals surface area contributed by atoms with E-state index in [1.54, 1.807) is 0 Å². The largest absolute Gasteiger partial charge is 0.270 e. The molecular weight excluding hydrogens is 239 g/mol. The molecule has 0 amide bonds. The molecule has 1 heterocycles. The number of rotatable bonds is 0. The van der Waals surface area contributed by atoms with Crippen molar-refractivity contribution in [3.63, 3.8) is 0 Å². The van der Waals surface area contributed by atoms with Crippen molar-refractivity contribution in [2.24, 2.45) is 0 Å². The number of hydrogen-bond donors (Lipinski definition) is 1. The normalized spacial score (nSPS) is 10.9. The van der Waals surface area contributed by atoms with Gasteiger partial charge in [0.25, 0.3) is 0 Å². The number of fused-ring (bicyclic) bond motifs is 1. The predicted octanol–water partition coefficient (Wildman–Crippen LogP) is 3.29. The second-order valence-electron chi connectivity index (χ2n) is 2.61. The first-order valence-electron chi connectivity index (χ1n) is 3.49. The third-order valence-electron chi connectivity index (χ3n) is 1.87. The lowest BCUT2D eigenvalue weighted by Crippen LogP contribution is -1.77. The molecule has 0 spiro atoms. The van der Waals surface area contributed by atoms with Crippen LogP contribution in [0.5, 0.6) is 0 Å². The zero-order valence-corrected chi connectivity index (χ0v) is 8.70. The number of H-pyrrole nitrogens is 1. The molecule has 2 nitrogen and oxygen atoms in total. The molecule has 0 aliphatic carbocycles. The Bertz CT molecular complexity index is 436. The molecule has 2 rings (SSSR count). The second-order valence-corrected chi connectivity index (χ2v) is 3.81. The smallest absolute Gasteiger partial charge is 0.108 e. The molecule has 2 aromatic rings. The summed E-state index contributed by atoms with van der Waals surface area (Å²) in [6, 6.07) is 3.82. The van der Waals surface area contributed by atoms with Crippen LogP contribution in [-0.4, -0.2) is 10.2 Å². The SMILES string of the molecule is Cc1c(Cl)ccc2c(Br)[nH]nc12. The van der Waals surface area contributed by atoms with E-state index in [1.807, 2.05) is 19.1 Å². The molecule has 4 heteroatoms. The molecule has 12 heavy (non-hydrogen) atoms. The zero-order chi connectivity index (χ0) is 8.72. The summed E-state index contributed by atoms with van der Waals surface area (Å²) >= 11 is 9.29. The van der Waals surface area contributed by atoms with Crippen LogP contribution in [-0.2, 0) is 0 Å². The molecule has 1 N–H and O–H groups in total. The molecule has 0 saturated carbocycles. The minimum absolute atomic E-state index is 0.751. The van der Waals surface area contributed by atoms with Gasteiger partial charge in [0.1, 0.15) is 4.60 Å². The predicted molar refractivity (Wildman–Crippen MR) is 53.5 cm³/mol. The lowest BCUT2D eigenvalue weighted by atomic mass is 10.2. The summed E-state index contributed by atoms with van der Waals surface area (Å²) in [5, 5.41) is 8.79. The molecule has 1 aromatic heterocycles. The van der Waals surface area contributed by atoms with Crippen molar-refractivity contribution in [1.82, 2.24) is 10.2 Å². The van der Waals surface area contributed by atoms with Gasteiger partial charge in [0.15, 0.2) is 0 Å². The van der Waals surface area contributed by atoms with Crippen LogP contribution in [0.15, 0.2) is 16.7 Å². The highest BCUT2D eigenvalue weighted by Gasteiger charge is 2.06. The lowest BCUT2D eigenvalue weighted by molar-refractivity contribution is 1.09. The Morgan fingerprint density at radius 3 is 3.00 bits per heavy atom. The Kier molecular flexibility index (Phi) is 1.85. The van der Waals surface area contributed by atoms with E-state index in [1.165, 1.54) is 0 Å². The van der Waals surface area contributed by atoms with E-state index in [0.717, 1.165) is 26.1 Å². The van der Waals surface area contributed by atoms with Crippen LogP contribution in [0.1, 0.15) is 5.56 Å². The minimum atomic E-state index is 0.751. The average Bonchev–Trinajstić information content (AvgIpc) is 2.41. The highest BCUT2D eigenvalue weighted by atomic mass is 79.9. The van der Waals surface area contributed by atoms with E-state index < -0.39 is 0 Å². The van der Waals surface area contributed by atoms with Gasteiger partial charge in [-0.15, -0.1) is 0 Å². The van der Waals surface area contributed by atoms with E-state index in [9.17, 15) is 0 Å². The summed E-state index contributed by atoms with van der Waals surface area (Å²) < 4.78 is 0.900. The summed E-state index contributed by atoms with van der Waals surface area (Å²) in [6.07, 6.45) is 0. The maximum absolute atomic E-state index is 5.93. The molecule has 0 radical (unpaired) electrons. The molecule has 0 unspecified atom stereocenters. The van der Waals surface area contributed by atoms with Crippen molar-refractivity contribution in [3.8, 4) is 0 Å². The average molecular weight is 246 g/mol. The van der Waals surface area contributed by atoms with E-state index in [2.05, 4.69) is 26.1 Å². The first-order chi connectivity index (χ1) is 5.70. The van der Waals surface area contributed by atoms with Crippen LogP contribution in [0.3, 0.4) is 0 Å². The summed E-state index contributed by atoms with van der Waals surface area (Å²) in [7, 11) is 0. The van der Waals surface area contributed by atoms with E-state index in [0.29, 0.717) is 0 Å².